The highest BCUT2D eigenvalue weighted by molar-refractivity contribution is 7.88. The Morgan fingerprint density at radius 3 is 2.41 bits per heavy atom. The fraction of sp³-hybridized carbons (Fsp3) is 1.00. The summed E-state index contributed by atoms with van der Waals surface area (Å²) in [6.45, 7) is 4.72. The number of rotatable bonds is 3. The molecule has 2 saturated heterocycles. The third kappa shape index (κ3) is 3.91. The molecule has 0 saturated carbocycles. The lowest BCUT2D eigenvalue weighted by atomic mass is 10.1. The number of ether oxygens (including phenoxy) is 1. The zero-order valence-corrected chi connectivity index (χ0v) is 11.3. The van der Waals surface area contributed by atoms with Crippen LogP contribution >= 0.6 is 0 Å². The van der Waals surface area contributed by atoms with Gasteiger partial charge in [0.1, 0.15) is 0 Å². The molecular formula is C11H22N2O3S. The van der Waals surface area contributed by atoms with Gasteiger partial charge in [-0.15, -0.1) is 0 Å². The van der Waals surface area contributed by atoms with Gasteiger partial charge in [0.2, 0.25) is 10.0 Å². The topological polar surface area (TPSA) is 49.9 Å². The van der Waals surface area contributed by atoms with Crippen LogP contribution in [0.1, 0.15) is 19.3 Å². The minimum absolute atomic E-state index is 0.355. The normalized spacial score (nSPS) is 29.4. The van der Waals surface area contributed by atoms with Crippen molar-refractivity contribution in [3.05, 3.63) is 0 Å². The van der Waals surface area contributed by atoms with E-state index >= 15 is 0 Å². The Hall–Kier alpha value is -0.170. The van der Waals surface area contributed by atoms with E-state index in [-0.39, 0.29) is 0 Å². The van der Waals surface area contributed by atoms with E-state index in [9.17, 15) is 8.42 Å². The number of hydrogen-bond acceptors (Lipinski definition) is 4. The van der Waals surface area contributed by atoms with Crippen LogP contribution < -0.4 is 0 Å². The molecule has 1 unspecified atom stereocenters. The number of nitrogens with zero attached hydrogens (tertiary/aromatic N) is 2. The zero-order chi connectivity index (χ0) is 12.3. The van der Waals surface area contributed by atoms with Crippen molar-refractivity contribution in [2.24, 2.45) is 0 Å². The fourth-order valence-electron chi connectivity index (χ4n) is 2.48. The molecule has 0 aromatic carbocycles. The summed E-state index contributed by atoms with van der Waals surface area (Å²) in [5, 5.41) is 0. The van der Waals surface area contributed by atoms with Gasteiger partial charge in [0, 0.05) is 39.3 Å². The molecule has 0 amide bonds. The van der Waals surface area contributed by atoms with Gasteiger partial charge < -0.3 is 4.74 Å². The molecule has 2 heterocycles. The summed E-state index contributed by atoms with van der Waals surface area (Å²) in [4.78, 5) is 2.32. The Morgan fingerprint density at radius 2 is 1.88 bits per heavy atom. The van der Waals surface area contributed by atoms with Crippen molar-refractivity contribution in [1.82, 2.24) is 9.21 Å². The molecule has 0 aromatic rings. The molecular weight excluding hydrogens is 240 g/mol. The maximum absolute atomic E-state index is 11.4. The van der Waals surface area contributed by atoms with Crippen LogP contribution in [0.4, 0.5) is 0 Å². The molecule has 0 spiro atoms. The average molecular weight is 262 g/mol. The predicted octanol–water partition coefficient (Wildman–Crippen LogP) is 0.133. The lowest BCUT2D eigenvalue weighted by Crippen LogP contribution is -2.50. The van der Waals surface area contributed by atoms with Gasteiger partial charge >= 0.3 is 0 Å². The third-order valence-electron chi connectivity index (χ3n) is 3.54. The second-order valence-corrected chi connectivity index (χ2v) is 6.93. The molecule has 100 valence electrons. The smallest absolute Gasteiger partial charge is 0.211 e. The first-order chi connectivity index (χ1) is 8.05. The van der Waals surface area contributed by atoms with Gasteiger partial charge in [0.15, 0.2) is 0 Å². The highest BCUT2D eigenvalue weighted by Gasteiger charge is 2.25. The van der Waals surface area contributed by atoms with E-state index in [0.29, 0.717) is 19.2 Å². The van der Waals surface area contributed by atoms with Crippen LogP contribution in [-0.4, -0.2) is 69.3 Å². The Balaban J connectivity index is 1.75. The van der Waals surface area contributed by atoms with Gasteiger partial charge in [-0.1, -0.05) is 0 Å². The molecule has 0 N–H and O–H groups in total. The monoisotopic (exact) mass is 262 g/mol. The second-order valence-electron chi connectivity index (χ2n) is 4.95. The van der Waals surface area contributed by atoms with E-state index < -0.39 is 10.0 Å². The summed E-state index contributed by atoms with van der Waals surface area (Å²) < 4.78 is 30.0. The van der Waals surface area contributed by atoms with Gasteiger partial charge in [-0.25, -0.2) is 8.42 Å². The minimum atomic E-state index is -3.01. The quantitative estimate of drug-likeness (QED) is 0.725. The first-order valence-corrected chi connectivity index (χ1v) is 8.19. The van der Waals surface area contributed by atoms with Crippen molar-refractivity contribution in [3.8, 4) is 0 Å². The van der Waals surface area contributed by atoms with E-state index in [1.807, 2.05) is 0 Å². The summed E-state index contributed by atoms with van der Waals surface area (Å²) in [5.74, 6) is 0. The Kier molecular flexibility index (Phi) is 4.41. The third-order valence-corrected chi connectivity index (χ3v) is 4.84. The van der Waals surface area contributed by atoms with Gasteiger partial charge in [0.25, 0.3) is 0 Å². The summed E-state index contributed by atoms with van der Waals surface area (Å²) in [7, 11) is -3.01. The number of piperazine rings is 1. The van der Waals surface area contributed by atoms with E-state index in [2.05, 4.69) is 4.90 Å². The fourth-order valence-corrected chi connectivity index (χ4v) is 3.31. The summed E-state index contributed by atoms with van der Waals surface area (Å²) in [5.41, 5.74) is 0. The Morgan fingerprint density at radius 1 is 1.18 bits per heavy atom. The van der Waals surface area contributed by atoms with Crippen molar-refractivity contribution in [1.29, 1.82) is 0 Å². The van der Waals surface area contributed by atoms with E-state index in [1.165, 1.54) is 19.1 Å². The number of hydrogen-bond donors (Lipinski definition) is 0. The Labute approximate surface area is 104 Å². The molecule has 2 rings (SSSR count). The van der Waals surface area contributed by atoms with Gasteiger partial charge in [0.05, 0.1) is 12.4 Å². The van der Waals surface area contributed by atoms with Crippen LogP contribution in [0, 0.1) is 0 Å². The molecule has 0 aromatic heterocycles. The van der Waals surface area contributed by atoms with Crippen molar-refractivity contribution < 1.29 is 13.2 Å². The van der Waals surface area contributed by atoms with Gasteiger partial charge in [-0.05, 0) is 19.3 Å². The number of sulfonamides is 1. The van der Waals surface area contributed by atoms with Gasteiger partial charge in [-0.3, -0.25) is 4.90 Å². The molecule has 0 aliphatic carbocycles. The molecule has 17 heavy (non-hydrogen) atoms. The standard InChI is InChI=1S/C11H22N2O3S/c1-17(14,15)13-7-5-12(6-8-13)10-11-4-2-3-9-16-11/h11H,2-10H2,1H3. The average Bonchev–Trinajstić information content (AvgIpc) is 2.30. The van der Waals surface area contributed by atoms with Crippen LogP contribution in [0.5, 0.6) is 0 Å². The minimum Gasteiger partial charge on any atom is -0.377 e. The maximum Gasteiger partial charge on any atom is 0.211 e. The molecule has 2 aliphatic rings. The Bertz CT molecular complexity index is 331. The van der Waals surface area contributed by atoms with Crippen LogP contribution in [0.25, 0.3) is 0 Å². The maximum atomic E-state index is 11.4. The zero-order valence-electron chi connectivity index (χ0n) is 10.5. The van der Waals surface area contributed by atoms with Gasteiger partial charge in [-0.2, -0.15) is 4.31 Å². The lowest BCUT2D eigenvalue weighted by Gasteiger charge is -2.36. The van der Waals surface area contributed by atoms with Crippen LogP contribution in [0.2, 0.25) is 0 Å². The molecule has 6 heteroatoms. The summed E-state index contributed by atoms with van der Waals surface area (Å²) in [6, 6.07) is 0. The molecule has 0 bridgehead atoms. The molecule has 5 nitrogen and oxygen atoms in total. The van der Waals surface area contributed by atoms with E-state index in [0.717, 1.165) is 32.7 Å². The predicted molar refractivity (Wildman–Crippen MR) is 66.4 cm³/mol. The van der Waals surface area contributed by atoms with Crippen molar-refractivity contribution >= 4 is 10.0 Å². The summed E-state index contributed by atoms with van der Waals surface area (Å²) >= 11 is 0. The molecule has 2 fully saturated rings. The lowest BCUT2D eigenvalue weighted by molar-refractivity contribution is -0.0102. The van der Waals surface area contributed by atoms with Crippen molar-refractivity contribution in [2.75, 3.05) is 45.6 Å². The van der Waals surface area contributed by atoms with E-state index in [4.69, 9.17) is 4.74 Å². The molecule has 0 radical (unpaired) electrons. The van der Waals surface area contributed by atoms with Crippen LogP contribution in [0.15, 0.2) is 0 Å². The summed E-state index contributed by atoms with van der Waals surface area (Å²) in [6.07, 6.45) is 5.22. The SMILES string of the molecule is CS(=O)(=O)N1CCN(CC2CCCCO2)CC1. The highest BCUT2D eigenvalue weighted by atomic mass is 32.2. The van der Waals surface area contributed by atoms with Crippen LogP contribution in [0.3, 0.4) is 0 Å². The molecule has 2 aliphatic heterocycles. The van der Waals surface area contributed by atoms with Crippen LogP contribution in [-0.2, 0) is 14.8 Å². The van der Waals surface area contributed by atoms with E-state index in [1.54, 1.807) is 4.31 Å². The first kappa shape index (κ1) is 13.3. The largest absolute Gasteiger partial charge is 0.377 e. The highest BCUT2D eigenvalue weighted by Crippen LogP contribution is 2.15. The first-order valence-electron chi connectivity index (χ1n) is 6.35. The van der Waals surface area contributed by atoms with Crippen molar-refractivity contribution in [2.45, 2.75) is 25.4 Å². The molecule has 1 atom stereocenters. The second kappa shape index (κ2) is 5.65. The van der Waals surface area contributed by atoms with Crippen molar-refractivity contribution in [3.63, 3.8) is 0 Å².